The standard InChI is InChI=1S/C44H68N6S2/c1-45(27-9-35-49(3,4)5)43-19-15-39(16-20-43)11-13-41-23-29-47(30-24-41)33-37-51-52-38-34-48-31-25-42(26-32-48)14-12-40-17-21-44(22-18-40)46(2)28-10-36-50(6,7)8/h11-17,19-21,23-25,29-31H,9-10,18,22,26-28,32-38H2,1-8H3/q+4. The number of rotatable bonds is 21. The first kappa shape index (κ1) is 41.7. The van der Waals surface area contributed by atoms with Crippen molar-refractivity contribution in [1.29, 1.82) is 0 Å². The molecule has 8 heteroatoms. The highest BCUT2D eigenvalue weighted by Gasteiger charge is 2.14. The van der Waals surface area contributed by atoms with Crippen LogP contribution in [0.4, 0.5) is 5.69 Å². The largest absolute Gasteiger partial charge is 0.378 e. The lowest BCUT2D eigenvalue weighted by Gasteiger charge is -2.28. The maximum absolute atomic E-state index is 2.47. The molecule has 2 heterocycles. The van der Waals surface area contributed by atoms with Gasteiger partial charge in [0.1, 0.15) is 6.54 Å². The van der Waals surface area contributed by atoms with Crippen molar-refractivity contribution in [3.8, 4) is 0 Å². The summed E-state index contributed by atoms with van der Waals surface area (Å²) < 4.78 is 6.81. The van der Waals surface area contributed by atoms with Gasteiger partial charge in [-0.1, -0.05) is 64.1 Å². The first-order valence-electron chi connectivity index (χ1n) is 19.2. The van der Waals surface area contributed by atoms with E-state index in [0.717, 1.165) is 72.5 Å². The van der Waals surface area contributed by atoms with Crippen LogP contribution in [0.5, 0.6) is 0 Å². The van der Waals surface area contributed by atoms with Crippen LogP contribution in [0.2, 0.25) is 0 Å². The smallest absolute Gasteiger partial charge is 0.169 e. The molecule has 1 aromatic heterocycles. The van der Waals surface area contributed by atoms with Gasteiger partial charge in [-0.25, -0.2) is 9.14 Å². The highest BCUT2D eigenvalue weighted by atomic mass is 33.1. The quantitative estimate of drug-likeness (QED) is 0.0564. The van der Waals surface area contributed by atoms with Crippen LogP contribution < -0.4 is 9.47 Å². The van der Waals surface area contributed by atoms with Crippen molar-refractivity contribution in [2.24, 2.45) is 0 Å². The topological polar surface area (TPSA) is 13.4 Å². The Kier molecular flexibility index (Phi) is 16.8. The zero-order valence-corrected chi connectivity index (χ0v) is 35.3. The van der Waals surface area contributed by atoms with Crippen molar-refractivity contribution < 1.29 is 18.1 Å². The Labute approximate surface area is 325 Å². The van der Waals surface area contributed by atoms with E-state index >= 15 is 0 Å². The lowest BCUT2D eigenvalue weighted by molar-refractivity contribution is -0.870. The minimum atomic E-state index is 1.01. The second kappa shape index (κ2) is 21.0. The van der Waals surface area contributed by atoms with Crippen LogP contribution in [-0.4, -0.2) is 132 Å². The Balaban J connectivity index is 1.08. The summed E-state index contributed by atoms with van der Waals surface area (Å²) in [4.78, 5) is 4.80. The summed E-state index contributed by atoms with van der Waals surface area (Å²) in [6.07, 6.45) is 28.6. The Morgan fingerprint density at radius 1 is 0.635 bits per heavy atom. The van der Waals surface area contributed by atoms with Crippen LogP contribution in [0.25, 0.3) is 12.2 Å². The highest BCUT2D eigenvalue weighted by molar-refractivity contribution is 8.76. The lowest BCUT2D eigenvalue weighted by Crippen LogP contribution is -2.37. The molecule has 2 aliphatic rings. The van der Waals surface area contributed by atoms with E-state index in [-0.39, 0.29) is 0 Å². The van der Waals surface area contributed by atoms with Crippen molar-refractivity contribution in [3.63, 3.8) is 0 Å². The van der Waals surface area contributed by atoms with E-state index < -0.39 is 0 Å². The average molecular weight is 745 g/mol. The molecule has 0 unspecified atom stereocenters. The van der Waals surface area contributed by atoms with Gasteiger partial charge in [0.05, 0.1) is 66.9 Å². The molecular formula is C44H68N6S2+4. The van der Waals surface area contributed by atoms with Crippen molar-refractivity contribution in [2.75, 3.05) is 112 Å². The number of aryl methyl sites for hydroxylation is 1. The Hall–Kier alpha value is -3.04. The van der Waals surface area contributed by atoms with E-state index in [1.54, 1.807) is 0 Å². The molecule has 1 aliphatic heterocycles. The van der Waals surface area contributed by atoms with Gasteiger partial charge < -0.3 is 18.8 Å². The van der Waals surface area contributed by atoms with Gasteiger partial charge in [0.15, 0.2) is 31.7 Å². The van der Waals surface area contributed by atoms with Crippen molar-refractivity contribution >= 4 is 45.6 Å². The minimum Gasteiger partial charge on any atom is -0.378 e. The van der Waals surface area contributed by atoms with E-state index in [9.17, 15) is 0 Å². The van der Waals surface area contributed by atoms with Crippen LogP contribution in [0.3, 0.4) is 0 Å². The number of allylic oxidation sites excluding steroid dienone is 7. The normalized spacial score (nSPS) is 15.5. The molecule has 282 valence electrons. The van der Waals surface area contributed by atoms with Crippen LogP contribution in [-0.2, 0) is 6.54 Å². The van der Waals surface area contributed by atoms with E-state index in [1.165, 1.54) is 59.6 Å². The predicted octanol–water partition coefficient (Wildman–Crippen LogP) is 7.66. The molecule has 4 rings (SSSR count). The molecule has 1 aliphatic carbocycles. The number of benzene rings is 1. The number of anilines is 1. The van der Waals surface area contributed by atoms with Crippen LogP contribution in [0, 0.1) is 0 Å². The van der Waals surface area contributed by atoms with Crippen molar-refractivity contribution in [3.05, 3.63) is 107 Å². The van der Waals surface area contributed by atoms with Gasteiger partial charge in [0, 0.05) is 76.0 Å². The molecule has 0 amide bonds. The Morgan fingerprint density at radius 3 is 1.77 bits per heavy atom. The van der Waals surface area contributed by atoms with Gasteiger partial charge in [-0.2, -0.15) is 0 Å². The van der Waals surface area contributed by atoms with Crippen molar-refractivity contribution in [1.82, 2.24) is 4.90 Å². The van der Waals surface area contributed by atoms with Gasteiger partial charge in [-0.15, -0.1) is 0 Å². The number of pyridine rings is 1. The van der Waals surface area contributed by atoms with Gasteiger partial charge in [0.25, 0.3) is 0 Å². The molecule has 0 fully saturated rings. The van der Waals surface area contributed by atoms with Crippen molar-refractivity contribution in [2.45, 2.75) is 38.6 Å². The van der Waals surface area contributed by atoms with Gasteiger partial charge in [-0.3, -0.25) is 0 Å². The number of hydrogen-bond acceptors (Lipinski definition) is 4. The first-order chi connectivity index (χ1) is 24.8. The minimum absolute atomic E-state index is 1.01. The fraction of sp³-hybridized carbons (Fsp3) is 0.500. The van der Waals surface area contributed by atoms with E-state index in [4.69, 9.17) is 0 Å². The highest BCUT2D eigenvalue weighted by Crippen LogP contribution is 2.23. The molecule has 0 radical (unpaired) electrons. The molecule has 0 saturated carbocycles. The monoisotopic (exact) mass is 744 g/mol. The molecule has 0 spiro atoms. The Bertz CT molecular complexity index is 1570. The molecular weight excluding hydrogens is 677 g/mol. The summed E-state index contributed by atoms with van der Waals surface area (Å²) in [5, 5.41) is 0. The summed E-state index contributed by atoms with van der Waals surface area (Å²) in [6.45, 7) is 7.86. The fourth-order valence-electron chi connectivity index (χ4n) is 6.28. The lowest BCUT2D eigenvalue weighted by atomic mass is 10.00. The molecule has 1 aromatic carbocycles. The van der Waals surface area contributed by atoms with Crippen LogP contribution in [0.1, 0.15) is 43.2 Å². The maximum atomic E-state index is 2.47. The summed E-state index contributed by atoms with van der Waals surface area (Å²) in [5.41, 5.74) is 8.08. The zero-order chi connectivity index (χ0) is 37.4. The summed E-state index contributed by atoms with van der Waals surface area (Å²) >= 11 is 0. The molecule has 0 saturated heterocycles. The first-order valence-corrected chi connectivity index (χ1v) is 21.7. The summed E-state index contributed by atoms with van der Waals surface area (Å²) in [6, 6.07) is 13.3. The molecule has 0 atom stereocenters. The van der Waals surface area contributed by atoms with E-state index in [2.05, 4.69) is 173 Å². The summed E-state index contributed by atoms with van der Waals surface area (Å²) in [5.74, 6) is 2.26. The molecule has 0 bridgehead atoms. The maximum Gasteiger partial charge on any atom is 0.169 e. The SMILES string of the molecule is CN(CCC[N+](C)(C)C)C1=CC=C(/C=C/C2=CC=[N+](CCSSCC[n+]3ccc(/C=C/c4ccc(N(C)CCC[N+](C)(C)C)cc4)cc3)CC2)CC1. The van der Waals surface area contributed by atoms with E-state index in [0.29, 0.717) is 0 Å². The Morgan fingerprint density at radius 2 is 1.21 bits per heavy atom. The fourth-order valence-corrected chi connectivity index (χ4v) is 8.27. The predicted molar refractivity (Wildman–Crippen MR) is 231 cm³/mol. The van der Waals surface area contributed by atoms with Gasteiger partial charge in [0.2, 0.25) is 0 Å². The van der Waals surface area contributed by atoms with Crippen LogP contribution >= 0.6 is 21.6 Å². The molecule has 52 heavy (non-hydrogen) atoms. The third-order valence-corrected chi connectivity index (χ3v) is 12.1. The summed E-state index contributed by atoms with van der Waals surface area (Å²) in [7, 11) is 22.0. The molecule has 2 aromatic rings. The molecule has 6 nitrogen and oxygen atoms in total. The van der Waals surface area contributed by atoms with Gasteiger partial charge >= 0.3 is 0 Å². The zero-order valence-electron chi connectivity index (χ0n) is 33.6. The number of hydrogen-bond donors (Lipinski definition) is 0. The number of aromatic nitrogens is 1. The third kappa shape index (κ3) is 16.3. The number of quaternary nitrogens is 2. The second-order valence-electron chi connectivity index (χ2n) is 16.4. The molecule has 0 N–H and O–H groups in total. The van der Waals surface area contributed by atoms with Gasteiger partial charge in [-0.05, 0) is 53.3 Å². The average Bonchev–Trinajstić information content (AvgIpc) is 3.11. The van der Waals surface area contributed by atoms with E-state index in [1.807, 2.05) is 21.6 Å². The third-order valence-electron chi connectivity index (χ3n) is 9.69. The van der Waals surface area contributed by atoms with Crippen LogP contribution in [0.15, 0.2) is 96.0 Å². The number of nitrogens with zero attached hydrogens (tertiary/aromatic N) is 6. The second-order valence-corrected chi connectivity index (χ2v) is 19.1.